The number of aryl methyl sites for hydroxylation is 1. The highest BCUT2D eigenvalue weighted by Crippen LogP contribution is 2.30. The Kier molecular flexibility index (Phi) is 4.25. The predicted molar refractivity (Wildman–Crippen MR) is 124 cm³/mol. The highest BCUT2D eigenvalue weighted by atomic mass is 16.3. The van der Waals surface area contributed by atoms with Crippen LogP contribution in [0.1, 0.15) is 5.56 Å². The molecule has 0 saturated heterocycles. The standard InChI is InChI=1S/C24H18N8O/c1-15-4-2-5-16(10-15)18-13-27-32(14-18)24-28-19-11-20(17-6-3-8-26-12-17)33-22(19)23(29-24)31-9-7-21(25)30-31/h2-14H,1H3,(H2,25,30). The molecular formula is C24H18N8O. The number of nitrogen functional groups attached to an aromatic ring is 1. The Hall–Kier alpha value is -4.79. The second-order valence-corrected chi connectivity index (χ2v) is 7.64. The normalized spacial score (nSPS) is 11.3. The van der Waals surface area contributed by atoms with Crippen molar-refractivity contribution >= 4 is 16.9 Å². The average molecular weight is 434 g/mol. The first kappa shape index (κ1) is 18.9. The van der Waals surface area contributed by atoms with Crippen LogP contribution in [0.5, 0.6) is 0 Å². The Bertz CT molecular complexity index is 1600. The van der Waals surface area contributed by atoms with Gasteiger partial charge in [-0.15, -0.1) is 5.10 Å². The van der Waals surface area contributed by atoms with Gasteiger partial charge in [-0.1, -0.05) is 29.8 Å². The van der Waals surface area contributed by atoms with Crippen LogP contribution in [0, 0.1) is 6.92 Å². The van der Waals surface area contributed by atoms with Crippen LogP contribution in [0.2, 0.25) is 0 Å². The first-order valence-corrected chi connectivity index (χ1v) is 10.3. The Morgan fingerprint density at radius 3 is 2.61 bits per heavy atom. The van der Waals surface area contributed by atoms with E-state index in [4.69, 9.17) is 20.1 Å². The molecule has 160 valence electrons. The van der Waals surface area contributed by atoms with Crippen LogP contribution in [0.3, 0.4) is 0 Å². The lowest BCUT2D eigenvalue weighted by Crippen LogP contribution is -2.07. The Labute approximate surface area is 188 Å². The van der Waals surface area contributed by atoms with Crippen molar-refractivity contribution in [3.8, 4) is 34.2 Å². The molecule has 0 atom stereocenters. The van der Waals surface area contributed by atoms with Gasteiger partial charge in [0.25, 0.3) is 5.95 Å². The maximum atomic E-state index is 6.13. The number of nitrogens with two attached hydrogens (primary N) is 1. The molecule has 0 amide bonds. The minimum atomic E-state index is 0.378. The number of pyridine rings is 1. The van der Waals surface area contributed by atoms with Crippen molar-refractivity contribution in [2.45, 2.75) is 6.92 Å². The SMILES string of the molecule is Cc1cccc(-c2cnn(-c3nc(-n4ccc(N)n4)c4oc(-c5cccnc5)cc4n3)c2)c1. The zero-order valence-corrected chi connectivity index (χ0v) is 17.6. The number of hydrogen-bond donors (Lipinski definition) is 1. The van der Waals surface area contributed by atoms with E-state index in [1.807, 2.05) is 36.5 Å². The van der Waals surface area contributed by atoms with Gasteiger partial charge in [-0.2, -0.15) is 10.1 Å². The van der Waals surface area contributed by atoms with Gasteiger partial charge in [0, 0.05) is 48.0 Å². The summed E-state index contributed by atoms with van der Waals surface area (Å²) in [6, 6.07) is 15.6. The third-order valence-electron chi connectivity index (χ3n) is 5.25. The smallest absolute Gasteiger partial charge is 0.253 e. The summed E-state index contributed by atoms with van der Waals surface area (Å²) in [6.07, 6.45) is 8.88. The van der Waals surface area contributed by atoms with Gasteiger partial charge in [0.1, 0.15) is 17.1 Å². The number of hydrogen-bond acceptors (Lipinski definition) is 7. The number of nitrogens with zero attached hydrogens (tertiary/aromatic N) is 7. The highest BCUT2D eigenvalue weighted by Gasteiger charge is 2.18. The lowest BCUT2D eigenvalue weighted by Gasteiger charge is -2.05. The summed E-state index contributed by atoms with van der Waals surface area (Å²) in [4.78, 5) is 13.6. The maximum Gasteiger partial charge on any atom is 0.253 e. The van der Waals surface area contributed by atoms with Gasteiger partial charge in [0.15, 0.2) is 5.58 Å². The van der Waals surface area contributed by atoms with Gasteiger partial charge in [0.2, 0.25) is 5.82 Å². The summed E-state index contributed by atoms with van der Waals surface area (Å²) in [7, 11) is 0. The van der Waals surface area contributed by atoms with Crippen molar-refractivity contribution in [1.82, 2.24) is 34.5 Å². The first-order chi connectivity index (χ1) is 16.1. The zero-order chi connectivity index (χ0) is 22.4. The minimum Gasteiger partial charge on any atom is -0.450 e. The van der Waals surface area contributed by atoms with Crippen LogP contribution >= 0.6 is 0 Å². The summed E-state index contributed by atoms with van der Waals surface area (Å²) < 4.78 is 9.35. The third-order valence-corrected chi connectivity index (χ3v) is 5.25. The molecule has 6 aromatic rings. The monoisotopic (exact) mass is 434 g/mol. The Balaban J connectivity index is 1.52. The van der Waals surface area contributed by atoms with Crippen LogP contribution in [0.25, 0.3) is 45.3 Å². The summed E-state index contributed by atoms with van der Waals surface area (Å²) in [5.74, 6) is 1.87. The second-order valence-electron chi connectivity index (χ2n) is 7.64. The van der Waals surface area contributed by atoms with Crippen LogP contribution in [0.15, 0.2) is 83.9 Å². The molecule has 2 N–H and O–H groups in total. The molecule has 0 aliphatic heterocycles. The predicted octanol–water partition coefficient (Wildman–Crippen LogP) is 4.21. The van der Waals surface area contributed by atoms with Gasteiger partial charge in [-0.3, -0.25) is 4.98 Å². The van der Waals surface area contributed by atoms with E-state index in [0.717, 1.165) is 16.7 Å². The molecule has 5 heterocycles. The molecule has 0 unspecified atom stereocenters. The molecule has 5 aromatic heterocycles. The largest absolute Gasteiger partial charge is 0.450 e. The van der Waals surface area contributed by atoms with E-state index < -0.39 is 0 Å². The van der Waals surface area contributed by atoms with E-state index in [1.54, 1.807) is 40.2 Å². The summed E-state index contributed by atoms with van der Waals surface area (Å²) in [5, 5.41) is 8.81. The minimum absolute atomic E-state index is 0.378. The van der Waals surface area contributed by atoms with Crippen molar-refractivity contribution in [2.24, 2.45) is 0 Å². The molecule has 33 heavy (non-hydrogen) atoms. The lowest BCUT2D eigenvalue weighted by molar-refractivity contribution is 0.620. The molecule has 9 nitrogen and oxygen atoms in total. The Morgan fingerprint density at radius 1 is 0.909 bits per heavy atom. The van der Waals surface area contributed by atoms with E-state index in [2.05, 4.69) is 34.2 Å². The number of benzene rings is 1. The molecule has 0 radical (unpaired) electrons. The second kappa shape index (κ2) is 7.41. The molecule has 0 aliphatic carbocycles. The summed E-state index contributed by atoms with van der Waals surface area (Å²) in [6.45, 7) is 2.06. The fraction of sp³-hybridized carbons (Fsp3) is 0.0417. The van der Waals surface area contributed by atoms with Crippen molar-refractivity contribution in [3.63, 3.8) is 0 Å². The topological polar surface area (TPSA) is 113 Å². The van der Waals surface area contributed by atoms with Gasteiger partial charge in [-0.05, 0) is 24.6 Å². The van der Waals surface area contributed by atoms with Crippen molar-refractivity contribution in [2.75, 3.05) is 5.73 Å². The fourth-order valence-corrected chi connectivity index (χ4v) is 3.67. The van der Waals surface area contributed by atoms with E-state index in [9.17, 15) is 0 Å². The molecular weight excluding hydrogens is 416 g/mol. The molecule has 0 saturated carbocycles. The highest BCUT2D eigenvalue weighted by molar-refractivity contribution is 5.84. The van der Waals surface area contributed by atoms with E-state index in [-0.39, 0.29) is 0 Å². The van der Waals surface area contributed by atoms with Gasteiger partial charge in [-0.25, -0.2) is 14.3 Å². The zero-order valence-electron chi connectivity index (χ0n) is 17.6. The average Bonchev–Trinajstić information content (AvgIpc) is 3.58. The van der Waals surface area contributed by atoms with E-state index in [1.165, 1.54) is 5.56 Å². The number of fused-ring (bicyclic) bond motifs is 1. The number of aromatic nitrogens is 7. The maximum absolute atomic E-state index is 6.13. The Morgan fingerprint density at radius 2 is 1.82 bits per heavy atom. The first-order valence-electron chi connectivity index (χ1n) is 10.3. The van der Waals surface area contributed by atoms with Gasteiger partial charge < -0.3 is 10.2 Å². The van der Waals surface area contributed by atoms with Crippen LogP contribution < -0.4 is 5.73 Å². The van der Waals surface area contributed by atoms with Crippen molar-refractivity contribution in [3.05, 3.63) is 85.1 Å². The number of anilines is 1. The molecule has 9 heteroatoms. The summed E-state index contributed by atoms with van der Waals surface area (Å²) >= 11 is 0. The number of furan rings is 1. The van der Waals surface area contributed by atoms with Crippen LogP contribution in [0.4, 0.5) is 5.82 Å². The van der Waals surface area contributed by atoms with E-state index >= 15 is 0 Å². The summed E-state index contributed by atoms with van der Waals surface area (Å²) in [5.41, 5.74) is 11.0. The molecule has 0 bridgehead atoms. The quantitative estimate of drug-likeness (QED) is 0.442. The molecule has 0 aliphatic rings. The molecule has 1 aromatic carbocycles. The molecule has 0 fully saturated rings. The van der Waals surface area contributed by atoms with E-state index in [0.29, 0.717) is 34.4 Å². The fourth-order valence-electron chi connectivity index (χ4n) is 3.67. The van der Waals surface area contributed by atoms with Crippen LogP contribution in [-0.4, -0.2) is 34.5 Å². The van der Waals surface area contributed by atoms with Crippen molar-refractivity contribution in [1.29, 1.82) is 0 Å². The van der Waals surface area contributed by atoms with Gasteiger partial charge >= 0.3 is 0 Å². The molecule has 6 rings (SSSR count). The number of rotatable bonds is 4. The van der Waals surface area contributed by atoms with Crippen molar-refractivity contribution < 1.29 is 4.42 Å². The lowest BCUT2D eigenvalue weighted by atomic mass is 10.1. The van der Waals surface area contributed by atoms with Crippen LogP contribution in [-0.2, 0) is 0 Å². The van der Waals surface area contributed by atoms with Gasteiger partial charge in [0.05, 0.1) is 6.20 Å². The molecule has 0 spiro atoms. The third kappa shape index (κ3) is 3.41.